The highest BCUT2D eigenvalue weighted by atomic mass is 127. The molecule has 1 aliphatic rings. The van der Waals surface area contributed by atoms with Crippen molar-refractivity contribution in [1.82, 2.24) is 5.32 Å². The molecule has 88 valence electrons. The maximum absolute atomic E-state index is 3.61. The van der Waals surface area contributed by atoms with Crippen molar-refractivity contribution in [2.24, 2.45) is 5.92 Å². The number of hydrogen-bond acceptors (Lipinski definition) is 1. The maximum atomic E-state index is 3.61. The third-order valence-electron chi connectivity index (χ3n) is 3.26. The zero-order chi connectivity index (χ0) is 11.4. The summed E-state index contributed by atoms with van der Waals surface area (Å²) in [6, 6.07) is 9.44. The second kappa shape index (κ2) is 6.01. The Kier molecular flexibility index (Phi) is 4.65. The minimum Gasteiger partial charge on any atom is -0.310 e. The molecule has 1 fully saturated rings. The van der Waals surface area contributed by atoms with Crippen LogP contribution in [0.5, 0.6) is 0 Å². The molecular formula is C14H20IN. The summed E-state index contributed by atoms with van der Waals surface area (Å²) in [5.41, 5.74) is 1.45. The normalized spacial score (nSPS) is 17.4. The summed E-state index contributed by atoms with van der Waals surface area (Å²) < 4.78 is 1.34. The number of benzene rings is 1. The van der Waals surface area contributed by atoms with Gasteiger partial charge in [0.25, 0.3) is 0 Å². The molecule has 0 aromatic heterocycles. The Balaban J connectivity index is 1.98. The Morgan fingerprint density at radius 3 is 2.88 bits per heavy atom. The van der Waals surface area contributed by atoms with E-state index in [2.05, 4.69) is 59.1 Å². The summed E-state index contributed by atoms with van der Waals surface area (Å²) >= 11 is 2.39. The lowest BCUT2D eigenvalue weighted by atomic mass is 10.0. The van der Waals surface area contributed by atoms with Crippen LogP contribution in [0.4, 0.5) is 0 Å². The van der Waals surface area contributed by atoms with E-state index in [1.54, 1.807) is 0 Å². The molecular weight excluding hydrogens is 309 g/mol. The first kappa shape index (κ1) is 12.4. The largest absolute Gasteiger partial charge is 0.310 e. The van der Waals surface area contributed by atoms with Gasteiger partial charge < -0.3 is 5.32 Å². The molecule has 1 nitrogen and oxygen atoms in total. The molecule has 1 saturated carbocycles. The van der Waals surface area contributed by atoms with E-state index >= 15 is 0 Å². The van der Waals surface area contributed by atoms with Crippen LogP contribution in [0.25, 0.3) is 0 Å². The zero-order valence-electron chi connectivity index (χ0n) is 9.88. The van der Waals surface area contributed by atoms with Crippen LogP contribution in [0.2, 0.25) is 0 Å². The van der Waals surface area contributed by atoms with Crippen LogP contribution in [-0.2, 0) is 0 Å². The molecule has 0 aliphatic heterocycles. The molecule has 1 N–H and O–H groups in total. The maximum Gasteiger partial charge on any atom is 0.0320 e. The Hall–Kier alpha value is -0.0900. The summed E-state index contributed by atoms with van der Waals surface area (Å²) in [7, 11) is 0. The van der Waals surface area contributed by atoms with Gasteiger partial charge in [-0.1, -0.05) is 31.9 Å². The van der Waals surface area contributed by atoms with E-state index in [0.29, 0.717) is 6.04 Å². The first-order valence-corrected chi connectivity index (χ1v) is 7.36. The Labute approximate surface area is 112 Å². The lowest BCUT2D eigenvalue weighted by molar-refractivity contribution is 0.481. The predicted octanol–water partition coefficient (Wildman–Crippen LogP) is 4.13. The number of halogens is 1. The third kappa shape index (κ3) is 3.74. The molecule has 1 aromatic carbocycles. The van der Waals surface area contributed by atoms with Gasteiger partial charge in [-0.3, -0.25) is 0 Å². The SMILES string of the molecule is CCNC(CCC1CC1)c1cccc(I)c1. The zero-order valence-corrected chi connectivity index (χ0v) is 12.0. The number of nitrogens with one attached hydrogen (secondary N) is 1. The highest BCUT2D eigenvalue weighted by molar-refractivity contribution is 14.1. The van der Waals surface area contributed by atoms with Crippen molar-refractivity contribution in [1.29, 1.82) is 0 Å². The lowest BCUT2D eigenvalue weighted by Crippen LogP contribution is -2.21. The van der Waals surface area contributed by atoms with Crippen LogP contribution in [0.1, 0.15) is 44.2 Å². The van der Waals surface area contributed by atoms with Crippen LogP contribution in [0.3, 0.4) is 0 Å². The van der Waals surface area contributed by atoms with E-state index in [1.165, 1.54) is 34.8 Å². The van der Waals surface area contributed by atoms with Crippen LogP contribution in [0, 0.1) is 9.49 Å². The van der Waals surface area contributed by atoms with Crippen molar-refractivity contribution in [3.63, 3.8) is 0 Å². The van der Waals surface area contributed by atoms with Gasteiger partial charge >= 0.3 is 0 Å². The molecule has 1 atom stereocenters. The summed E-state index contributed by atoms with van der Waals surface area (Å²) in [6.07, 6.45) is 5.61. The second-order valence-corrected chi connectivity index (χ2v) is 5.93. The Bertz CT molecular complexity index is 333. The van der Waals surface area contributed by atoms with Crippen LogP contribution in [-0.4, -0.2) is 6.54 Å². The van der Waals surface area contributed by atoms with Gasteiger partial charge in [0.2, 0.25) is 0 Å². The molecule has 1 aromatic rings. The summed E-state index contributed by atoms with van der Waals surface area (Å²) in [6.45, 7) is 3.25. The minimum absolute atomic E-state index is 0.556. The van der Waals surface area contributed by atoms with Crippen LogP contribution < -0.4 is 5.32 Å². The Morgan fingerprint density at radius 2 is 2.25 bits per heavy atom. The van der Waals surface area contributed by atoms with Gasteiger partial charge in [-0.15, -0.1) is 0 Å². The van der Waals surface area contributed by atoms with Gasteiger partial charge in [0.1, 0.15) is 0 Å². The molecule has 2 heteroatoms. The molecule has 1 aliphatic carbocycles. The van der Waals surface area contributed by atoms with Crippen molar-refractivity contribution in [2.75, 3.05) is 6.54 Å². The third-order valence-corrected chi connectivity index (χ3v) is 3.93. The number of hydrogen-bond donors (Lipinski definition) is 1. The average molecular weight is 329 g/mol. The van der Waals surface area contributed by atoms with E-state index in [4.69, 9.17) is 0 Å². The minimum atomic E-state index is 0.556. The standard InChI is InChI=1S/C14H20IN/c1-2-16-14(9-8-11-6-7-11)12-4-3-5-13(15)10-12/h3-5,10-11,14,16H,2,6-9H2,1H3. The molecule has 2 rings (SSSR count). The van der Waals surface area contributed by atoms with Gasteiger partial charge in [-0.2, -0.15) is 0 Å². The molecule has 16 heavy (non-hydrogen) atoms. The first-order chi connectivity index (χ1) is 7.79. The van der Waals surface area contributed by atoms with Gasteiger partial charge in [-0.05, 0) is 65.6 Å². The highest BCUT2D eigenvalue weighted by Crippen LogP contribution is 2.36. The van der Waals surface area contributed by atoms with Crippen molar-refractivity contribution in [3.05, 3.63) is 33.4 Å². The summed E-state index contributed by atoms with van der Waals surface area (Å²) in [5.74, 6) is 1.03. The molecule has 0 radical (unpaired) electrons. The quantitative estimate of drug-likeness (QED) is 0.774. The summed E-state index contributed by atoms with van der Waals surface area (Å²) in [4.78, 5) is 0. The smallest absolute Gasteiger partial charge is 0.0320 e. The van der Waals surface area contributed by atoms with Crippen molar-refractivity contribution < 1.29 is 0 Å². The molecule has 1 unspecified atom stereocenters. The van der Waals surface area contributed by atoms with Crippen molar-refractivity contribution >= 4 is 22.6 Å². The van der Waals surface area contributed by atoms with E-state index in [-0.39, 0.29) is 0 Å². The second-order valence-electron chi connectivity index (χ2n) is 4.69. The fourth-order valence-electron chi connectivity index (χ4n) is 2.17. The van der Waals surface area contributed by atoms with Gasteiger partial charge in [0.15, 0.2) is 0 Å². The van der Waals surface area contributed by atoms with E-state index in [1.807, 2.05) is 0 Å². The number of rotatable bonds is 6. The van der Waals surface area contributed by atoms with Gasteiger partial charge in [-0.25, -0.2) is 0 Å². The fraction of sp³-hybridized carbons (Fsp3) is 0.571. The van der Waals surface area contributed by atoms with E-state index in [9.17, 15) is 0 Å². The summed E-state index contributed by atoms with van der Waals surface area (Å²) in [5, 5.41) is 3.61. The van der Waals surface area contributed by atoms with Crippen LogP contribution >= 0.6 is 22.6 Å². The van der Waals surface area contributed by atoms with Crippen molar-refractivity contribution in [2.45, 2.75) is 38.6 Å². The lowest BCUT2D eigenvalue weighted by Gasteiger charge is -2.18. The highest BCUT2D eigenvalue weighted by Gasteiger charge is 2.22. The van der Waals surface area contributed by atoms with E-state index < -0.39 is 0 Å². The predicted molar refractivity (Wildman–Crippen MR) is 77.5 cm³/mol. The molecule has 0 spiro atoms. The molecule has 0 heterocycles. The van der Waals surface area contributed by atoms with Gasteiger partial charge in [0, 0.05) is 9.61 Å². The van der Waals surface area contributed by atoms with Crippen molar-refractivity contribution in [3.8, 4) is 0 Å². The van der Waals surface area contributed by atoms with Gasteiger partial charge in [0.05, 0.1) is 0 Å². The fourth-order valence-corrected chi connectivity index (χ4v) is 2.73. The monoisotopic (exact) mass is 329 g/mol. The van der Waals surface area contributed by atoms with E-state index in [0.717, 1.165) is 12.5 Å². The molecule has 0 bridgehead atoms. The average Bonchev–Trinajstić information content (AvgIpc) is 3.08. The molecule has 0 amide bonds. The molecule has 0 saturated heterocycles. The Morgan fingerprint density at radius 1 is 1.44 bits per heavy atom. The van der Waals surface area contributed by atoms with Crippen LogP contribution in [0.15, 0.2) is 24.3 Å². The topological polar surface area (TPSA) is 12.0 Å². The first-order valence-electron chi connectivity index (χ1n) is 6.28.